The van der Waals surface area contributed by atoms with E-state index in [9.17, 15) is 5.11 Å². The van der Waals surface area contributed by atoms with Gasteiger partial charge >= 0.3 is 0 Å². The van der Waals surface area contributed by atoms with Gasteiger partial charge in [0, 0.05) is 28.4 Å². The van der Waals surface area contributed by atoms with Gasteiger partial charge in [-0.05, 0) is 37.2 Å². The SMILES string of the molecule is CCN(CC)CCC(O)c1ccc2c(c1)[nH]c1ccccc12. The third-order valence-corrected chi connectivity index (χ3v) is 4.53. The Kier molecular flexibility index (Phi) is 4.46. The van der Waals surface area contributed by atoms with Gasteiger partial charge < -0.3 is 15.0 Å². The van der Waals surface area contributed by atoms with Crippen molar-refractivity contribution < 1.29 is 5.11 Å². The Labute approximate surface area is 131 Å². The summed E-state index contributed by atoms with van der Waals surface area (Å²) in [4.78, 5) is 5.78. The normalized spacial score (nSPS) is 13.3. The first kappa shape index (κ1) is 15.1. The first-order valence-corrected chi connectivity index (χ1v) is 8.13. The molecule has 1 unspecified atom stereocenters. The van der Waals surface area contributed by atoms with Crippen LogP contribution in [0.1, 0.15) is 31.9 Å². The molecule has 0 radical (unpaired) electrons. The van der Waals surface area contributed by atoms with Gasteiger partial charge in [0.15, 0.2) is 0 Å². The van der Waals surface area contributed by atoms with E-state index in [1.807, 2.05) is 6.07 Å². The molecule has 2 N–H and O–H groups in total. The van der Waals surface area contributed by atoms with Gasteiger partial charge in [-0.1, -0.05) is 44.2 Å². The summed E-state index contributed by atoms with van der Waals surface area (Å²) in [5.74, 6) is 0. The molecule has 0 bridgehead atoms. The van der Waals surface area contributed by atoms with Crippen molar-refractivity contribution in [2.75, 3.05) is 19.6 Å². The molecule has 0 aliphatic rings. The summed E-state index contributed by atoms with van der Waals surface area (Å²) >= 11 is 0. The first-order valence-electron chi connectivity index (χ1n) is 8.13. The number of benzene rings is 2. The summed E-state index contributed by atoms with van der Waals surface area (Å²) in [6.07, 6.45) is 0.365. The van der Waals surface area contributed by atoms with E-state index in [2.05, 4.69) is 60.1 Å². The summed E-state index contributed by atoms with van der Waals surface area (Å²) in [6.45, 7) is 7.31. The van der Waals surface area contributed by atoms with Gasteiger partial charge in [0.2, 0.25) is 0 Å². The van der Waals surface area contributed by atoms with E-state index >= 15 is 0 Å². The van der Waals surface area contributed by atoms with Gasteiger partial charge in [0.05, 0.1) is 6.10 Å². The number of aliphatic hydroxyl groups is 1. The van der Waals surface area contributed by atoms with Gasteiger partial charge in [0.1, 0.15) is 0 Å². The van der Waals surface area contributed by atoms with E-state index in [1.54, 1.807) is 0 Å². The number of aromatic amines is 1. The number of hydrogen-bond acceptors (Lipinski definition) is 2. The van der Waals surface area contributed by atoms with E-state index in [0.29, 0.717) is 0 Å². The molecule has 0 fully saturated rings. The lowest BCUT2D eigenvalue weighted by Gasteiger charge is -2.20. The van der Waals surface area contributed by atoms with Gasteiger partial charge in [0.25, 0.3) is 0 Å². The number of nitrogens with zero attached hydrogens (tertiary/aromatic N) is 1. The third-order valence-electron chi connectivity index (χ3n) is 4.53. The maximum absolute atomic E-state index is 10.5. The fourth-order valence-electron chi connectivity index (χ4n) is 3.09. The molecule has 2 aromatic carbocycles. The Morgan fingerprint density at radius 2 is 1.73 bits per heavy atom. The molecule has 0 aliphatic heterocycles. The summed E-state index contributed by atoms with van der Waals surface area (Å²) in [6, 6.07) is 14.6. The van der Waals surface area contributed by atoms with Crippen LogP contribution in [0.15, 0.2) is 42.5 Å². The molecule has 0 saturated heterocycles. The van der Waals surface area contributed by atoms with Crippen LogP contribution in [0.2, 0.25) is 0 Å². The molecule has 3 rings (SSSR count). The molecule has 0 amide bonds. The third kappa shape index (κ3) is 2.87. The highest BCUT2D eigenvalue weighted by molar-refractivity contribution is 6.07. The van der Waals surface area contributed by atoms with Crippen molar-refractivity contribution in [3.8, 4) is 0 Å². The number of aliphatic hydroxyl groups excluding tert-OH is 1. The lowest BCUT2D eigenvalue weighted by Crippen LogP contribution is -2.25. The molecule has 1 aromatic heterocycles. The predicted molar refractivity (Wildman–Crippen MR) is 93.2 cm³/mol. The molecule has 3 aromatic rings. The fourth-order valence-corrected chi connectivity index (χ4v) is 3.09. The molecular formula is C19H24N2O. The van der Waals surface area contributed by atoms with Crippen LogP contribution in [-0.4, -0.2) is 34.6 Å². The van der Waals surface area contributed by atoms with Crippen LogP contribution >= 0.6 is 0 Å². The second kappa shape index (κ2) is 6.51. The fraction of sp³-hybridized carbons (Fsp3) is 0.368. The average Bonchev–Trinajstić information content (AvgIpc) is 2.93. The van der Waals surface area contributed by atoms with Crippen molar-refractivity contribution >= 4 is 21.8 Å². The number of para-hydroxylation sites is 1. The van der Waals surface area contributed by atoms with Crippen LogP contribution in [0.5, 0.6) is 0 Å². The molecule has 3 nitrogen and oxygen atoms in total. The number of fused-ring (bicyclic) bond motifs is 3. The quantitative estimate of drug-likeness (QED) is 0.719. The Bertz CT molecular complexity index is 758. The highest BCUT2D eigenvalue weighted by Crippen LogP contribution is 2.28. The maximum atomic E-state index is 10.5. The first-order chi connectivity index (χ1) is 10.7. The smallest absolute Gasteiger partial charge is 0.0803 e. The van der Waals surface area contributed by atoms with Crippen molar-refractivity contribution in [2.45, 2.75) is 26.4 Å². The van der Waals surface area contributed by atoms with Crippen molar-refractivity contribution in [1.82, 2.24) is 9.88 Å². The molecule has 3 heteroatoms. The summed E-state index contributed by atoms with van der Waals surface area (Å²) in [7, 11) is 0. The van der Waals surface area contributed by atoms with Crippen molar-refractivity contribution in [3.05, 3.63) is 48.0 Å². The monoisotopic (exact) mass is 296 g/mol. The van der Waals surface area contributed by atoms with E-state index in [1.165, 1.54) is 10.8 Å². The van der Waals surface area contributed by atoms with E-state index in [0.717, 1.165) is 42.7 Å². The van der Waals surface area contributed by atoms with E-state index in [-0.39, 0.29) is 0 Å². The second-order valence-electron chi connectivity index (χ2n) is 5.81. The highest BCUT2D eigenvalue weighted by Gasteiger charge is 2.11. The van der Waals surface area contributed by atoms with Crippen LogP contribution in [0.25, 0.3) is 21.8 Å². The number of H-pyrrole nitrogens is 1. The second-order valence-corrected chi connectivity index (χ2v) is 5.81. The largest absolute Gasteiger partial charge is 0.388 e. The van der Waals surface area contributed by atoms with E-state index < -0.39 is 6.10 Å². The van der Waals surface area contributed by atoms with Crippen LogP contribution in [0.3, 0.4) is 0 Å². The molecule has 0 aliphatic carbocycles. The zero-order chi connectivity index (χ0) is 15.5. The Morgan fingerprint density at radius 1 is 1.00 bits per heavy atom. The zero-order valence-electron chi connectivity index (χ0n) is 13.3. The maximum Gasteiger partial charge on any atom is 0.0803 e. The summed E-state index contributed by atoms with van der Waals surface area (Å²) < 4.78 is 0. The summed E-state index contributed by atoms with van der Waals surface area (Å²) in [5, 5.41) is 12.9. The van der Waals surface area contributed by atoms with Gasteiger partial charge in [-0.25, -0.2) is 0 Å². The number of nitrogens with one attached hydrogen (secondary N) is 1. The molecule has 0 spiro atoms. The van der Waals surface area contributed by atoms with Crippen LogP contribution in [0.4, 0.5) is 0 Å². The summed E-state index contributed by atoms with van der Waals surface area (Å²) in [5.41, 5.74) is 3.24. The van der Waals surface area contributed by atoms with Crippen LogP contribution in [0, 0.1) is 0 Å². The zero-order valence-corrected chi connectivity index (χ0v) is 13.3. The topological polar surface area (TPSA) is 39.3 Å². The molecule has 22 heavy (non-hydrogen) atoms. The van der Waals surface area contributed by atoms with Gasteiger partial charge in [-0.2, -0.15) is 0 Å². The number of aromatic nitrogens is 1. The highest BCUT2D eigenvalue weighted by atomic mass is 16.3. The van der Waals surface area contributed by atoms with Crippen molar-refractivity contribution in [1.29, 1.82) is 0 Å². The minimum absolute atomic E-state index is 0.406. The minimum atomic E-state index is -0.406. The number of rotatable bonds is 6. The van der Waals surface area contributed by atoms with E-state index in [4.69, 9.17) is 0 Å². The number of hydrogen-bond donors (Lipinski definition) is 2. The lowest BCUT2D eigenvalue weighted by molar-refractivity contribution is 0.145. The predicted octanol–water partition coefficient (Wildman–Crippen LogP) is 4.09. The molecular weight excluding hydrogens is 272 g/mol. The van der Waals surface area contributed by atoms with Crippen molar-refractivity contribution in [2.24, 2.45) is 0 Å². The molecule has 116 valence electrons. The van der Waals surface area contributed by atoms with Crippen LogP contribution < -0.4 is 0 Å². The van der Waals surface area contributed by atoms with Gasteiger partial charge in [-0.15, -0.1) is 0 Å². The average molecular weight is 296 g/mol. The molecule has 1 atom stereocenters. The van der Waals surface area contributed by atoms with Gasteiger partial charge in [-0.3, -0.25) is 0 Å². The Morgan fingerprint density at radius 3 is 2.50 bits per heavy atom. The lowest BCUT2D eigenvalue weighted by atomic mass is 10.0. The van der Waals surface area contributed by atoms with Crippen molar-refractivity contribution in [3.63, 3.8) is 0 Å². The molecule has 1 heterocycles. The Balaban J connectivity index is 1.83. The molecule has 0 saturated carbocycles. The Hall–Kier alpha value is -1.84. The minimum Gasteiger partial charge on any atom is -0.388 e. The van der Waals surface area contributed by atoms with Crippen LogP contribution in [-0.2, 0) is 0 Å². The standard InChI is InChI=1S/C19H24N2O/c1-3-21(4-2)12-11-19(22)14-9-10-16-15-7-5-6-8-17(15)20-18(16)13-14/h5-10,13,19-20,22H,3-4,11-12H2,1-2H3.